The van der Waals surface area contributed by atoms with Crippen molar-refractivity contribution in [2.75, 3.05) is 7.11 Å². The minimum Gasteiger partial charge on any atom is -0.495 e. The number of nitriles is 2. The van der Waals surface area contributed by atoms with Crippen LogP contribution in [0.3, 0.4) is 0 Å². The molecule has 2 aliphatic rings. The molecule has 1 aromatic heterocycles. The van der Waals surface area contributed by atoms with Crippen LogP contribution in [0.1, 0.15) is 35.9 Å². The number of methoxy groups -OCH3 is 1. The van der Waals surface area contributed by atoms with Crippen molar-refractivity contribution in [1.29, 1.82) is 15.9 Å². The van der Waals surface area contributed by atoms with Crippen molar-refractivity contribution in [3.8, 4) is 17.9 Å². The van der Waals surface area contributed by atoms with Crippen LogP contribution in [0.5, 0.6) is 5.75 Å². The van der Waals surface area contributed by atoms with E-state index in [1.54, 1.807) is 12.1 Å². The van der Waals surface area contributed by atoms with Crippen LogP contribution in [0.15, 0.2) is 53.5 Å². The van der Waals surface area contributed by atoms with Gasteiger partial charge in [-0.1, -0.05) is 23.2 Å². The van der Waals surface area contributed by atoms with E-state index >= 15 is 0 Å². The molecule has 3 N–H and O–H groups in total. The molecule has 0 radical (unpaired) electrons. The minimum absolute atomic E-state index is 0.0708. The number of hydrogen-bond acceptors (Lipinski definition) is 6. The average Bonchev–Trinajstić information content (AvgIpc) is 3.66. The third kappa shape index (κ3) is 3.94. The van der Waals surface area contributed by atoms with E-state index in [2.05, 4.69) is 17.3 Å². The summed E-state index contributed by atoms with van der Waals surface area (Å²) in [7, 11) is 1.47. The number of ether oxygens (including phenoxy) is 1. The molecule has 2 heterocycles. The molecule has 172 valence electrons. The first-order valence-corrected chi connectivity index (χ1v) is 11.4. The smallest absolute Gasteiger partial charge is 0.217 e. The second-order valence-electron chi connectivity index (χ2n) is 8.49. The fourth-order valence-corrected chi connectivity index (χ4v) is 5.28. The van der Waals surface area contributed by atoms with Crippen molar-refractivity contribution in [2.24, 2.45) is 5.92 Å². The van der Waals surface area contributed by atoms with Crippen LogP contribution >= 0.6 is 23.2 Å². The van der Waals surface area contributed by atoms with Crippen LogP contribution < -0.4 is 14.6 Å². The van der Waals surface area contributed by atoms with Crippen LogP contribution in [0.4, 0.5) is 0 Å². The topological polar surface area (TPSA) is 117 Å². The Hall–Kier alpha value is -3.32. The van der Waals surface area contributed by atoms with Gasteiger partial charge in [0.25, 0.3) is 0 Å². The molecule has 0 spiro atoms. The van der Waals surface area contributed by atoms with Crippen molar-refractivity contribution >= 4 is 29.1 Å². The van der Waals surface area contributed by atoms with Gasteiger partial charge in [-0.25, -0.2) is 0 Å². The van der Waals surface area contributed by atoms with Gasteiger partial charge in [0.2, 0.25) is 11.8 Å². The summed E-state index contributed by atoms with van der Waals surface area (Å²) in [6, 6.07) is 10.4. The molecule has 1 aliphatic heterocycles. The van der Waals surface area contributed by atoms with Gasteiger partial charge in [-0.2, -0.15) is 15.1 Å². The monoisotopic (exact) mass is 494 g/mol. The first-order valence-electron chi connectivity index (χ1n) is 10.6. The molecule has 3 atom stereocenters. The number of aryl methyl sites for hydroxylation is 1. The standard InChI is InChI=1S/C25H22Cl2N5O2/c1-14-5-7-32(8-6-14)24-21(18-9-17(26)10-20(27)23(18)34-2)19(13-30)22(15(11-28)12-29)31-25(24,33)16-3-4-16/h5-10,16,21,24,28,31,33H,3-4H2,1-2H3/q+1. The largest absolute Gasteiger partial charge is 0.495 e. The summed E-state index contributed by atoms with van der Waals surface area (Å²) in [4.78, 5) is 0. The highest BCUT2D eigenvalue weighted by Gasteiger charge is 2.62. The molecule has 2 aromatic rings. The molecule has 7 nitrogen and oxygen atoms in total. The van der Waals surface area contributed by atoms with Crippen LogP contribution in [0.2, 0.25) is 10.0 Å². The molecule has 4 rings (SSSR count). The molecule has 0 bridgehead atoms. The quantitative estimate of drug-likeness (QED) is 0.328. The van der Waals surface area contributed by atoms with Gasteiger partial charge in [0.05, 0.1) is 35.4 Å². The summed E-state index contributed by atoms with van der Waals surface area (Å²) >= 11 is 12.8. The Kier molecular flexibility index (Phi) is 6.41. The fourth-order valence-electron chi connectivity index (χ4n) is 4.69. The van der Waals surface area contributed by atoms with Gasteiger partial charge in [0.15, 0.2) is 12.4 Å². The number of nitrogens with zero attached hydrogens (tertiary/aromatic N) is 3. The van der Waals surface area contributed by atoms with Gasteiger partial charge in [0, 0.05) is 28.6 Å². The number of halogens is 2. The van der Waals surface area contributed by atoms with Gasteiger partial charge in [0.1, 0.15) is 17.4 Å². The maximum absolute atomic E-state index is 12.2. The van der Waals surface area contributed by atoms with E-state index in [1.807, 2.05) is 42.1 Å². The molecule has 1 fully saturated rings. The normalized spacial score (nSPS) is 23.9. The number of aliphatic hydroxyl groups is 1. The van der Waals surface area contributed by atoms with E-state index in [9.17, 15) is 15.6 Å². The number of benzene rings is 1. The molecule has 0 saturated heterocycles. The Labute approximate surface area is 207 Å². The van der Waals surface area contributed by atoms with E-state index < -0.39 is 17.7 Å². The predicted octanol–water partition coefficient (Wildman–Crippen LogP) is 4.10. The molecule has 1 aromatic carbocycles. The number of hydrogen-bond donors (Lipinski definition) is 3. The van der Waals surface area contributed by atoms with Crippen molar-refractivity contribution in [1.82, 2.24) is 5.32 Å². The Bertz CT molecular complexity index is 1310. The summed E-state index contributed by atoms with van der Waals surface area (Å²) in [6.07, 6.45) is 5.21. The molecule has 0 amide bonds. The maximum Gasteiger partial charge on any atom is 0.217 e. The summed E-state index contributed by atoms with van der Waals surface area (Å²) in [5, 5.41) is 43.4. The molecule has 9 heteroatoms. The zero-order chi connectivity index (χ0) is 24.6. The Morgan fingerprint density at radius 1 is 1.26 bits per heavy atom. The number of allylic oxidation sites excluding steroid dienone is 2. The Morgan fingerprint density at radius 3 is 2.47 bits per heavy atom. The van der Waals surface area contributed by atoms with Crippen LogP contribution in [-0.2, 0) is 0 Å². The lowest BCUT2D eigenvalue weighted by molar-refractivity contribution is -0.742. The van der Waals surface area contributed by atoms with Gasteiger partial charge < -0.3 is 15.2 Å². The van der Waals surface area contributed by atoms with Crippen LogP contribution in [0.25, 0.3) is 0 Å². The van der Waals surface area contributed by atoms with Gasteiger partial charge in [-0.3, -0.25) is 5.41 Å². The van der Waals surface area contributed by atoms with Gasteiger partial charge in [-0.15, -0.1) is 0 Å². The van der Waals surface area contributed by atoms with Crippen molar-refractivity contribution < 1.29 is 14.4 Å². The third-order valence-electron chi connectivity index (χ3n) is 6.40. The third-order valence-corrected chi connectivity index (χ3v) is 6.89. The number of aromatic nitrogens is 1. The van der Waals surface area contributed by atoms with Crippen molar-refractivity contribution in [3.63, 3.8) is 0 Å². The first-order chi connectivity index (χ1) is 16.3. The average molecular weight is 495 g/mol. The highest BCUT2D eigenvalue weighted by atomic mass is 35.5. The lowest BCUT2D eigenvalue weighted by Crippen LogP contribution is -2.66. The summed E-state index contributed by atoms with van der Waals surface area (Å²) < 4.78 is 7.47. The van der Waals surface area contributed by atoms with Crippen LogP contribution in [-0.4, -0.2) is 23.8 Å². The maximum atomic E-state index is 12.2. The summed E-state index contributed by atoms with van der Waals surface area (Å²) in [5.41, 5.74) is 0.0250. The van der Waals surface area contributed by atoms with Gasteiger partial charge in [-0.05, 0) is 43.3 Å². The second-order valence-corrected chi connectivity index (χ2v) is 9.34. The van der Waals surface area contributed by atoms with Gasteiger partial charge >= 0.3 is 0 Å². The lowest BCUT2D eigenvalue weighted by Gasteiger charge is -2.43. The van der Waals surface area contributed by atoms with E-state index in [0.717, 1.165) is 18.4 Å². The van der Waals surface area contributed by atoms with E-state index in [1.165, 1.54) is 7.11 Å². The summed E-state index contributed by atoms with van der Waals surface area (Å²) in [5.74, 6) is 1.47. The molecule has 1 saturated carbocycles. The molecule has 3 unspecified atom stereocenters. The molecular weight excluding hydrogens is 473 g/mol. The van der Waals surface area contributed by atoms with E-state index in [4.69, 9.17) is 33.3 Å². The highest BCUT2D eigenvalue weighted by molar-refractivity contribution is 6.35. The number of rotatable bonds is 5. The summed E-state index contributed by atoms with van der Waals surface area (Å²) in [6.45, 7) is 1.96. The first kappa shape index (κ1) is 23.8. The zero-order valence-electron chi connectivity index (χ0n) is 18.6. The van der Waals surface area contributed by atoms with Crippen molar-refractivity contribution in [3.05, 3.63) is 74.7 Å². The molecular formula is C25H22Cl2N5O2+. The fraction of sp³-hybridized carbons (Fsp3) is 0.320. The Morgan fingerprint density at radius 2 is 1.94 bits per heavy atom. The predicted molar refractivity (Wildman–Crippen MR) is 126 cm³/mol. The lowest BCUT2D eigenvalue weighted by atomic mass is 9.73. The SMILES string of the molecule is COc1c(Cl)cc(Cl)cc1C1C(C#N)=C(C(=C=N)C#N)NC(O)(C2CC2)C1[n+]1ccc(C)cc1. The van der Waals surface area contributed by atoms with Crippen LogP contribution in [0, 0.1) is 40.9 Å². The minimum atomic E-state index is -1.54. The highest BCUT2D eigenvalue weighted by Crippen LogP contribution is 2.54. The van der Waals surface area contributed by atoms with E-state index in [-0.39, 0.29) is 27.8 Å². The van der Waals surface area contributed by atoms with E-state index in [0.29, 0.717) is 16.3 Å². The number of pyridine rings is 1. The molecule has 1 aliphatic carbocycles. The Balaban J connectivity index is 2.12. The second kappa shape index (κ2) is 9.14. The van der Waals surface area contributed by atoms with Crippen molar-refractivity contribution in [2.45, 2.75) is 37.5 Å². The number of nitrogens with one attached hydrogen (secondary N) is 2. The zero-order valence-corrected chi connectivity index (χ0v) is 20.1. The molecule has 34 heavy (non-hydrogen) atoms.